The largest absolute Gasteiger partial charge is 0.497 e. The molecule has 0 amide bonds. The molecule has 0 radical (unpaired) electrons. The van der Waals surface area contributed by atoms with Crippen molar-refractivity contribution in [1.82, 2.24) is 5.32 Å². The smallest absolute Gasteiger partial charge is 0.171 e. The summed E-state index contributed by atoms with van der Waals surface area (Å²) in [5, 5.41) is 7.12. The van der Waals surface area contributed by atoms with Crippen LogP contribution in [0.3, 0.4) is 0 Å². The van der Waals surface area contributed by atoms with Gasteiger partial charge >= 0.3 is 0 Å². The Hall–Kier alpha value is -2.07. The Morgan fingerprint density at radius 3 is 2.38 bits per heavy atom. The van der Waals surface area contributed by atoms with Crippen molar-refractivity contribution in [3.8, 4) is 5.75 Å². The van der Waals surface area contributed by atoms with Crippen LogP contribution in [-0.4, -0.2) is 12.2 Å². The third kappa shape index (κ3) is 4.96. The maximum Gasteiger partial charge on any atom is 0.171 e. The lowest BCUT2D eigenvalue weighted by Crippen LogP contribution is -2.30. The van der Waals surface area contributed by atoms with E-state index < -0.39 is 0 Å². The van der Waals surface area contributed by atoms with Crippen LogP contribution < -0.4 is 15.4 Å². The number of hydrogen-bond donors (Lipinski definition) is 2. The minimum atomic E-state index is 0.140. The molecule has 0 aliphatic carbocycles. The van der Waals surface area contributed by atoms with Crippen molar-refractivity contribution in [1.29, 1.82) is 0 Å². The summed E-state index contributed by atoms with van der Waals surface area (Å²) in [7, 11) is 1.65. The molecular weight excluding hydrogens is 316 g/mol. The Kier molecular flexibility index (Phi) is 6.62. The average molecular weight is 343 g/mol. The van der Waals surface area contributed by atoms with Crippen LogP contribution in [0.5, 0.6) is 5.75 Å². The van der Waals surface area contributed by atoms with Gasteiger partial charge in [-0.2, -0.15) is 0 Å². The second-order valence-corrected chi connectivity index (χ2v) is 6.44. The molecule has 2 aromatic rings. The second kappa shape index (κ2) is 8.69. The summed E-state index contributed by atoms with van der Waals surface area (Å²) in [6.07, 6.45) is 1.15. The zero-order valence-corrected chi connectivity index (χ0v) is 15.6. The highest BCUT2D eigenvalue weighted by molar-refractivity contribution is 7.80. The highest BCUT2D eigenvalue weighted by Crippen LogP contribution is 2.21. The number of thiocarbonyl (C=S) groups is 1. The van der Waals surface area contributed by atoms with Crippen LogP contribution in [0.4, 0.5) is 5.69 Å². The molecule has 3 nitrogen and oxygen atoms in total. The number of nitrogens with one attached hydrogen (secondary N) is 2. The van der Waals surface area contributed by atoms with Crippen LogP contribution in [0, 0.1) is 0 Å². The molecule has 24 heavy (non-hydrogen) atoms. The van der Waals surface area contributed by atoms with Crippen LogP contribution >= 0.6 is 12.2 Å². The maximum atomic E-state index is 5.41. The van der Waals surface area contributed by atoms with Crippen molar-refractivity contribution in [3.63, 3.8) is 0 Å². The van der Waals surface area contributed by atoms with Gasteiger partial charge in [-0.25, -0.2) is 0 Å². The van der Waals surface area contributed by atoms with Gasteiger partial charge in [-0.15, -0.1) is 0 Å². The molecule has 0 aliphatic heterocycles. The predicted octanol–water partition coefficient (Wildman–Crippen LogP) is 5.26. The zero-order valence-electron chi connectivity index (χ0n) is 14.8. The summed E-state index contributed by atoms with van der Waals surface area (Å²) < 4.78 is 5.22. The van der Waals surface area contributed by atoms with Gasteiger partial charge in [-0.05, 0) is 54.7 Å². The quantitative estimate of drug-likeness (QED) is 0.702. The van der Waals surface area contributed by atoms with E-state index in [2.05, 4.69) is 55.7 Å². The lowest BCUT2D eigenvalue weighted by atomic mass is 9.96. The van der Waals surface area contributed by atoms with E-state index in [4.69, 9.17) is 17.0 Å². The molecule has 0 heterocycles. The van der Waals surface area contributed by atoms with E-state index in [1.54, 1.807) is 7.11 Å². The molecule has 0 spiro atoms. The van der Waals surface area contributed by atoms with Gasteiger partial charge in [-0.1, -0.05) is 44.2 Å². The third-order valence-corrected chi connectivity index (χ3v) is 4.51. The molecule has 0 bridgehead atoms. The molecule has 0 fully saturated rings. The highest BCUT2D eigenvalue weighted by atomic mass is 32.1. The molecule has 4 heteroatoms. The van der Waals surface area contributed by atoms with Gasteiger partial charge in [0.2, 0.25) is 0 Å². The molecule has 0 saturated heterocycles. The van der Waals surface area contributed by atoms with Crippen molar-refractivity contribution < 1.29 is 4.74 Å². The maximum absolute atomic E-state index is 5.41. The summed E-state index contributed by atoms with van der Waals surface area (Å²) in [6, 6.07) is 16.6. The van der Waals surface area contributed by atoms with Crippen molar-refractivity contribution in [2.75, 3.05) is 12.4 Å². The van der Waals surface area contributed by atoms with Crippen LogP contribution in [0.25, 0.3) is 0 Å². The van der Waals surface area contributed by atoms with E-state index in [1.807, 2.05) is 24.3 Å². The summed E-state index contributed by atoms with van der Waals surface area (Å²) in [4.78, 5) is 0. The van der Waals surface area contributed by atoms with Crippen molar-refractivity contribution in [3.05, 3.63) is 59.7 Å². The first-order chi connectivity index (χ1) is 11.5. The van der Waals surface area contributed by atoms with E-state index in [9.17, 15) is 0 Å². The summed E-state index contributed by atoms with van der Waals surface area (Å²) in [5.41, 5.74) is 3.51. The number of methoxy groups -OCH3 is 1. The SMILES string of the molecule is CCC(C)c1ccc(C(C)NC(=S)Nc2cccc(OC)c2)cc1. The Labute approximate surface area is 150 Å². The molecule has 0 aliphatic rings. The van der Waals surface area contributed by atoms with Crippen LogP contribution in [-0.2, 0) is 0 Å². The lowest BCUT2D eigenvalue weighted by Gasteiger charge is -2.18. The Bertz CT molecular complexity index is 670. The van der Waals surface area contributed by atoms with Gasteiger partial charge in [0.15, 0.2) is 5.11 Å². The van der Waals surface area contributed by atoms with Gasteiger partial charge in [-0.3, -0.25) is 0 Å². The average Bonchev–Trinajstić information content (AvgIpc) is 2.61. The Morgan fingerprint density at radius 2 is 1.75 bits per heavy atom. The molecule has 128 valence electrons. The van der Waals surface area contributed by atoms with Gasteiger partial charge in [0.05, 0.1) is 13.2 Å². The number of rotatable bonds is 6. The standard InChI is InChI=1S/C20H26N2OS/c1-5-14(2)16-9-11-17(12-10-16)15(3)21-20(24)22-18-7-6-8-19(13-18)23-4/h6-15H,5H2,1-4H3,(H2,21,22,24). The monoisotopic (exact) mass is 342 g/mol. The van der Waals surface area contributed by atoms with E-state index >= 15 is 0 Å². The van der Waals surface area contributed by atoms with Crippen molar-refractivity contribution in [2.45, 2.75) is 39.2 Å². The number of hydrogen-bond acceptors (Lipinski definition) is 2. The molecule has 2 atom stereocenters. The Morgan fingerprint density at radius 1 is 1.08 bits per heavy atom. The molecule has 2 rings (SSSR count). The fourth-order valence-electron chi connectivity index (χ4n) is 2.50. The predicted molar refractivity (Wildman–Crippen MR) is 106 cm³/mol. The number of benzene rings is 2. The van der Waals surface area contributed by atoms with Gasteiger partial charge in [0.25, 0.3) is 0 Å². The Balaban J connectivity index is 1.95. The molecule has 2 N–H and O–H groups in total. The molecule has 0 saturated carbocycles. The first-order valence-corrected chi connectivity index (χ1v) is 8.75. The van der Waals surface area contributed by atoms with E-state index in [0.29, 0.717) is 11.0 Å². The van der Waals surface area contributed by atoms with Crippen molar-refractivity contribution in [2.24, 2.45) is 0 Å². The van der Waals surface area contributed by atoms with Crippen LogP contribution in [0.1, 0.15) is 50.3 Å². The number of ether oxygens (including phenoxy) is 1. The fraction of sp³-hybridized carbons (Fsp3) is 0.350. The second-order valence-electron chi connectivity index (χ2n) is 6.03. The van der Waals surface area contributed by atoms with Gasteiger partial charge in [0.1, 0.15) is 5.75 Å². The van der Waals surface area contributed by atoms with Gasteiger partial charge < -0.3 is 15.4 Å². The summed E-state index contributed by atoms with van der Waals surface area (Å²) >= 11 is 5.41. The summed E-state index contributed by atoms with van der Waals surface area (Å²) in [6.45, 7) is 6.58. The number of anilines is 1. The normalized spacial score (nSPS) is 13.0. The topological polar surface area (TPSA) is 33.3 Å². The highest BCUT2D eigenvalue weighted by Gasteiger charge is 2.09. The van der Waals surface area contributed by atoms with Crippen LogP contribution in [0.2, 0.25) is 0 Å². The minimum absolute atomic E-state index is 0.140. The fourth-order valence-corrected chi connectivity index (χ4v) is 2.79. The molecule has 2 unspecified atom stereocenters. The first-order valence-electron chi connectivity index (χ1n) is 8.35. The van der Waals surface area contributed by atoms with E-state index in [1.165, 1.54) is 11.1 Å². The van der Waals surface area contributed by atoms with Gasteiger partial charge in [0, 0.05) is 11.8 Å². The zero-order chi connectivity index (χ0) is 17.5. The summed E-state index contributed by atoms with van der Waals surface area (Å²) in [5.74, 6) is 1.40. The van der Waals surface area contributed by atoms with E-state index in [-0.39, 0.29) is 6.04 Å². The van der Waals surface area contributed by atoms with Crippen LogP contribution in [0.15, 0.2) is 48.5 Å². The minimum Gasteiger partial charge on any atom is -0.497 e. The lowest BCUT2D eigenvalue weighted by molar-refractivity contribution is 0.415. The van der Waals surface area contributed by atoms with Crippen molar-refractivity contribution >= 4 is 23.0 Å². The molecule has 2 aromatic carbocycles. The molecule has 0 aromatic heterocycles. The third-order valence-electron chi connectivity index (χ3n) is 4.29. The first kappa shape index (κ1) is 18.3. The van der Waals surface area contributed by atoms with E-state index in [0.717, 1.165) is 17.9 Å². The molecular formula is C20H26N2OS.